The molecule has 0 saturated heterocycles. The second-order valence-corrected chi connectivity index (χ2v) is 10.0. The smallest absolute Gasteiger partial charge is 0.315 e. The molecule has 0 unspecified atom stereocenters. The van der Waals surface area contributed by atoms with E-state index in [-0.39, 0.29) is 24.4 Å². The Labute approximate surface area is 224 Å². The molecule has 0 fully saturated rings. The van der Waals surface area contributed by atoms with Gasteiger partial charge in [0.25, 0.3) is 0 Å². The number of rotatable bonds is 8. The van der Waals surface area contributed by atoms with Crippen molar-refractivity contribution >= 4 is 23.4 Å². The molecule has 0 spiro atoms. The molecule has 4 aromatic rings. The van der Waals surface area contributed by atoms with E-state index in [1.54, 1.807) is 9.58 Å². The Morgan fingerprint density at radius 2 is 1.45 bits per heavy atom. The number of nitrogens with one attached hydrogen (secondary N) is 2. The van der Waals surface area contributed by atoms with Gasteiger partial charge in [-0.15, -0.1) is 0 Å². The highest BCUT2D eigenvalue weighted by atomic mass is 16.2. The van der Waals surface area contributed by atoms with E-state index in [0.717, 1.165) is 33.6 Å². The van der Waals surface area contributed by atoms with E-state index >= 15 is 0 Å². The highest BCUT2D eigenvalue weighted by Crippen LogP contribution is 2.33. The Balaban J connectivity index is 1.63. The topological polar surface area (TPSA) is 79.3 Å². The van der Waals surface area contributed by atoms with Crippen molar-refractivity contribution in [3.8, 4) is 16.8 Å². The lowest BCUT2D eigenvalue weighted by Crippen LogP contribution is -2.42. The zero-order valence-corrected chi connectivity index (χ0v) is 22.7. The molecule has 3 amide bonds. The molecule has 4 rings (SSSR count). The number of urea groups is 1. The third kappa shape index (κ3) is 6.48. The Bertz CT molecular complexity index is 1390. The molecule has 7 nitrogen and oxygen atoms in total. The Kier molecular flexibility index (Phi) is 8.26. The van der Waals surface area contributed by atoms with Gasteiger partial charge in [0.05, 0.1) is 11.4 Å². The third-order valence-electron chi connectivity index (χ3n) is 6.17. The van der Waals surface area contributed by atoms with Crippen molar-refractivity contribution in [3.63, 3.8) is 0 Å². The first-order chi connectivity index (χ1) is 18.2. The van der Waals surface area contributed by atoms with Crippen LogP contribution in [0.15, 0.2) is 78.9 Å². The van der Waals surface area contributed by atoms with Crippen molar-refractivity contribution in [1.29, 1.82) is 0 Å². The minimum absolute atomic E-state index is 0.0950. The standard InChI is InChI=1S/C31H35N5O2/c1-21(2)19-35(31(38)32-26-15-11-22(3)12-16-26)20-28(37)33-30-29(25-9-7-6-8-10-25)24(5)34-36(30)27-17-13-23(4)14-18-27/h6-18,21H,19-20H2,1-5H3,(H,32,38)(H,33,37). The maximum atomic E-state index is 13.5. The average molecular weight is 510 g/mol. The summed E-state index contributed by atoms with van der Waals surface area (Å²) >= 11 is 0. The van der Waals surface area contributed by atoms with Gasteiger partial charge >= 0.3 is 6.03 Å². The fourth-order valence-electron chi connectivity index (χ4n) is 4.31. The summed E-state index contributed by atoms with van der Waals surface area (Å²) in [6.07, 6.45) is 0. The fraction of sp³-hybridized carbons (Fsp3) is 0.258. The number of carbonyl (C=O) groups excluding carboxylic acids is 2. The van der Waals surface area contributed by atoms with Crippen LogP contribution in [-0.2, 0) is 4.79 Å². The van der Waals surface area contributed by atoms with E-state index in [4.69, 9.17) is 5.10 Å². The molecule has 0 saturated carbocycles. The number of hydrogen-bond donors (Lipinski definition) is 2. The van der Waals surface area contributed by atoms with Gasteiger partial charge in [-0.1, -0.05) is 79.6 Å². The Morgan fingerprint density at radius 1 is 0.842 bits per heavy atom. The van der Waals surface area contributed by atoms with Gasteiger partial charge in [-0.2, -0.15) is 5.10 Å². The Hall–Kier alpha value is -4.39. The summed E-state index contributed by atoms with van der Waals surface area (Å²) in [5, 5.41) is 10.8. The van der Waals surface area contributed by atoms with Crippen LogP contribution < -0.4 is 10.6 Å². The lowest BCUT2D eigenvalue weighted by molar-refractivity contribution is -0.116. The number of aromatic nitrogens is 2. The van der Waals surface area contributed by atoms with Crippen molar-refractivity contribution < 1.29 is 9.59 Å². The van der Waals surface area contributed by atoms with Crippen LogP contribution in [-0.4, -0.2) is 39.7 Å². The van der Waals surface area contributed by atoms with Crippen LogP contribution in [0.4, 0.5) is 16.3 Å². The molecule has 196 valence electrons. The summed E-state index contributed by atoms with van der Waals surface area (Å²) in [6.45, 7) is 10.3. The van der Waals surface area contributed by atoms with E-state index in [1.165, 1.54) is 0 Å². The second kappa shape index (κ2) is 11.8. The van der Waals surface area contributed by atoms with Gasteiger partial charge in [-0.3, -0.25) is 4.79 Å². The van der Waals surface area contributed by atoms with Crippen LogP contribution in [0.3, 0.4) is 0 Å². The van der Waals surface area contributed by atoms with Crippen LogP contribution in [0.25, 0.3) is 16.8 Å². The number of benzene rings is 3. The lowest BCUT2D eigenvalue weighted by Gasteiger charge is -2.24. The monoisotopic (exact) mass is 509 g/mol. The van der Waals surface area contributed by atoms with Gasteiger partial charge in [0.2, 0.25) is 5.91 Å². The maximum Gasteiger partial charge on any atom is 0.322 e. The van der Waals surface area contributed by atoms with Gasteiger partial charge in [0.1, 0.15) is 12.4 Å². The molecular formula is C31H35N5O2. The highest BCUT2D eigenvalue weighted by Gasteiger charge is 2.23. The first kappa shape index (κ1) is 26.7. The van der Waals surface area contributed by atoms with Gasteiger partial charge in [-0.25, -0.2) is 9.48 Å². The predicted octanol–water partition coefficient (Wildman–Crippen LogP) is 6.59. The Morgan fingerprint density at radius 3 is 2.05 bits per heavy atom. The average Bonchev–Trinajstić information content (AvgIpc) is 3.21. The normalized spacial score (nSPS) is 10.9. The van der Waals surface area contributed by atoms with Gasteiger partial charge in [0.15, 0.2) is 0 Å². The number of amides is 3. The van der Waals surface area contributed by atoms with Crippen molar-refractivity contribution in [2.24, 2.45) is 5.92 Å². The number of nitrogens with zero attached hydrogens (tertiary/aromatic N) is 3. The number of aryl methyl sites for hydroxylation is 3. The molecule has 0 aliphatic carbocycles. The summed E-state index contributed by atoms with van der Waals surface area (Å²) in [7, 11) is 0. The van der Waals surface area contributed by atoms with Gasteiger partial charge in [0, 0.05) is 17.8 Å². The fourth-order valence-corrected chi connectivity index (χ4v) is 4.31. The largest absolute Gasteiger partial charge is 0.322 e. The van der Waals surface area contributed by atoms with E-state index in [1.807, 2.05) is 113 Å². The SMILES string of the molecule is Cc1ccc(NC(=O)N(CC(=O)Nc2c(-c3ccccc3)c(C)nn2-c2ccc(C)cc2)CC(C)C)cc1. The van der Waals surface area contributed by atoms with Crippen molar-refractivity contribution in [3.05, 3.63) is 95.7 Å². The molecule has 2 N–H and O–H groups in total. The summed E-state index contributed by atoms with van der Waals surface area (Å²) in [6, 6.07) is 25.1. The molecule has 0 aliphatic rings. The minimum Gasteiger partial charge on any atom is -0.315 e. The van der Waals surface area contributed by atoms with Crippen molar-refractivity contribution in [1.82, 2.24) is 14.7 Å². The second-order valence-electron chi connectivity index (χ2n) is 10.0. The summed E-state index contributed by atoms with van der Waals surface area (Å²) in [5.74, 6) is 0.466. The highest BCUT2D eigenvalue weighted by molar-refractivity contribution is 5.99. The molecule has 3 aromatic carbocycles. The minimum atomic E-state index is -0.316. The zero-order valence-electron chi connectivity index (χ0n) is 22.7. The molecule has 0 bridgehead atoms. The van der Waals surface area contributed by atoms with Crippen molar-refractivity contribution in [2.75, 3.05) is 23.7 Å². The van der Waals surface area contributed by atoms with Gasteiger partial charge < -0.3 is 15.5 Å². The van der Waals surface area contributed by atoms with Crippen LogP contribution >= 0.6 is 0 Å². The molecular weight excluding hydrogens is 474 g/mol. The molecule has 1 aromatic heterocycles. The molecule has 7 heteroatoms. The van der Waals surface area contributed by atoms with Crippen LogP contribution in [0, 0.1) is 26.7 Å². The predicted molar refractivity (Wildman–Crippen MR) is 154 cm³/mol. The van der Waals surface area contributed by atoms with Crippen LogP contribution in [0.1, 0.15) is 30.7 Å². The molecule has 0 atom stereocenters. The molecule has 38 heavy (non-hydrogen) atoms. The summed E-state index contributed by atoms with van der Waals surface area (Å²) in [4.78, 5) is 28.2. The summed E-state index contributed by atoms with van der Waals surface area (Å²) in [5.41, 5.74) is 6.37. The van der Waals surface area contributed by atoms with E-state index in [9.17, 15) is 9.59 Å². The zero-order chi connectivity index (χ0) is 27.2. The lowest BCUT2D eigenvalue weighted by atomic mass is 10.1. The van der Waals surface area contributed by atoms with E-state index in [2.05, 4.69) is 10.6 Å². The number of hydrogen-bond acceptors (Lipinski definition) is 3. The number of anilines is 2. The quantitative estimate of drug-likeness (QED) is 0.281. The third-order valence-corrected chi connectivity index (χ3v) is 6.17. The van der Waals surface area contributed by atoms with E-state index < -0.39 is 0 Å². The number of carbonyl (C=O) groups is 2. The van der Waals surface area contributed by atoms with Crippen molar-refractivity contribution in [2.45, 2.75) is 34.6 Å². The molecule has 0 aliphatic heterocycles. The first-order valence-corrected chi connectivity index (χ1v) is 12.9. The molecule has 1 heterocycles. The van der Waals surface area contributed by atoms with Gasteiger partial charge in [-0.05, 0) is 56.5 Å². The first-order valence-electron chi connectivity index (χ1n) is 12.9. The molecule has 0 radical (unpaired) electrons. The summed E-state index contributed by atoms with van der Waals surface area (Å²) < 4.78 is 1.76. The maximum absolute atomic E-state index is 13.5. The van der Waals surface area contributed by atoms with Crippen LogP contribution in [0.2, 0.25) is 0 Å². The van der Waals surface area contributed by atoms with E-state index in [0.29, 0.717) is 18.1 Å². The van der Waals surface area contributed by atoms with Crippen LogP contribution in [0.5, 0.6) is 0 Å².